The number of hydrogen-bond acceptors (Lipinski definition) is 4. The molecule has 22 heavy (non-hydrogen) atoms. The molecule has 5 heteroatoms. The zero-order chi connectivity index (χ0) is 15.9. The standard InChI is InChI=1S/C17H25ClN2O2/c1-2-22-17(21)7-6-14-9-16(19)12-20(11-14)10-13-4-3-5-15(18)8-13/h3-5,8,14,16H,2,6-7,9-12,19H2,1H3. The second kappa shape index (κ2) is 8.51. The Hall–Kier alpha value is -1.10. The van der Waals surface area contributed by atoms with Crippen molar-refractivity contribution < 1.29 is 9.53 Å². The fourth-order valence-electron chi connectivity index (χ4n) is 3.14. The fourth-order valence-corrected chi connectivity index (χ4v) is 3.35. The molecular formula is C17H25ClN2O2. The average molecular weight is 325 g/mol. The molecule has 1 aromatic rings. The summed E-state index contributed by atoms with van der Waals surface area (Å²) in [5.41, 5.74) is 7.38. The van der Waals surface area contributed by atoms with Gasteiger partial charge < -0.3 is 10.5 Å². The van der Waals surface area contributed by atoms with E-state index in [2.05, 4.69) is 11.0 Å². The molecule has 2 N–H and O–H groups in total. The van der Waals surface area contributed by atoms with Crippen LogP contribution in [0.1, 0.15) is 31.7 Å². The van der Waals surface area contributed by atoms with Crippen molar-refractivity contribution in [3.05, 3.63) is 34.9 Å². The number of carbonyl (C=O) groups is 1. The van der Waals surface area contributed by atoms with E-state index in [4.69, 9.17) is 22.1 Å². The van der Waals surface area contributed by atoms with Crippen molar-refractivity contribution in [1.29, 1.82) is 0 Å². The molecule has 0 aliphatic carbocycles. The van der Waals surface area contributed by atoms with Crippen molar-refractivity contribution in [1.82, 2.24) is 4.90 Å². The summed E-state index contributed by atoms with van der Waals surface area (Å²) in [5, 5.41) is 0.762. The van der Waals surface area contributed by atoms with Gasteiger partial charge in [0.1, 0.15) is 0 Å². The monoisotopic (exact) mass is 324 g/mol. The highest BCUT2D eigenvalue weighted by Gasteiger charge is 2.25. The Morgan fingerprint density at radius 2 is 2.27 bits per heavy atom. The van der Waals surface area contributed by atoms with E-state index in [0.717, 1.165) is 37.5 Å². The van der Waals surface area contributed by atoms with Crippen LogP contribution < -0.4 is 5.73 Å². The largest absolute Gasteiger partial charge is 0.466 e. The summed E-state index contributed by atoms with van der Waals surface area (Å²) in [6.45, 7) is 5.00. The maximum Gasteiger partial charge on any atom is 0.305 e. The molecule has 0 aromatic heterocycles. The summed E-state index contributed by atoms with van der Waals surface area (Å²) >= 11 is 6.04. The van der Waals surface area contributed by atoms with Gasteiger partial charge in [-0.3, -0.25) is 9.69 Å². The molecular weight excluding hydrogens is 300 g/mol. The molecule has 0 amide bonds. The lowest BCUT2D eigenvalue weighted by atomic mass is 9.90. The Balaban J connectivity index is 1.86. The lowest BCUT2D eigenvalue weighted by Gasteiger charge is -2.36. The number of nitrogens with zero attached hydrogens (tertiary/aromatic N) is 1. The third kappa shape index (κ3) is 5.59. The third-order valence-corrected chi connectivity index (χ3v) is 4.24. The molecule has 0 radical (unpaired) electrons. The highest BCUT2D eigenvalue weighted by Crippen LogP contribution is 2.23. The van der Waals surface area contributed by atoms with Crippen molar-refractivity contribution >= 4 is 17.6 Å². The van der Waals surface area contributed by atoms with Gasteiger partial charge in [-0.1, -0.05) is 23.7 Å². The lowest BCUT2D eigenvalue weighted by molar-refractivity contribution is -0.143. The summed E-state index contributed by atoms with van der Waals surface area (Å²) in [6.07, 6.45) is 2.31. The highest BCUT2D eigenvalue weighted by atomic mass is 35.5. The van der Waals surface area contributed by atoms with Crippen LogP contribution in [0, 0.1) is 5.92 Å². The second-order valence-electron chi connectivity index (χ2n) is 6.03. The zero-order valence-corrected chi connectivity index (χ0v) is 13.9. The maximum atomic E-state index is 11.5. The van der Waals surface area contributed by atoms with Crippen LogP contribution in [0.4, 0.5) is 0 Å². The van der Waals surface area contributed by atoms with Gasteiger partial charge in [0.05, 0.1) is 6.61 Å². The van der Waals surface area contributed by atoms with E-state index < -0.39 is 0 Å². The first-order chi connectivity index (χ1) is 10.6. The first-order valence-electron chi connectivity index (χ1n) is 7.94. The summed E-state index contributed by atoms with van der Waals surface area (Å²) < 4.78 is 5.00. The first kappa shape index (κ1) is 17.3. The predicted molar refractivity (Wildman–Crippen MR) is 88.7 cm³/mol. The van der Waals surface area contributed by atoms with Crippen LogP contribution in [0.3, 0.4) is 0 Å². The number of rotatable bonds is 6. The van der Waals surface area contributed by atoms with Crippen molar-refractivity contribution in [3.63, 3.8) is 0 Å². The Bertz CT molecular complexity index is 495. The Morgan fingerprint density at radius 3 is 3.00 bits per heavy atom. The van der Waals surface area contributed by atoms with Gasteiger partial charge in [0.25, 0.3) is 0 Å². The van der Waals surface area contributed by atoms with Crippen molar-refractivity contribution in [2.45, 2.75) is 38.8 Å². The van der Waals surface area contributed by atoms with E-state index in [1.54, 1.807) is 0 Å². The summed E-state index contributed by atoms with van der Waals surface area (Å²) in [4.78, 5) is 13.9. The Kier molecular flexibility index (Phi) is 6.68. The molecule has 1 aliphatic heterocycles. The van der Waals surface area contributed by atoms with Crippen molar-refractivity contribution in [2.24, 2.45) is 11.7 Å². The van der Waals surface area contributed by atoms with Crippen LogP contribution in [0.2, 0.25) is 5.02 Å². The number of ether oxygens (including phenoxy) is 1. The predicted octanol–water partition coefficient (Wildman–Crippen LogP) is 2.83. The molecule has 0 bridgehead atoms. The van der Waals surface area contributed by atoms with Crippen LogP contribution in [0.25, 0.3) is 0 Å². The normalized spacial score (nSPS) is 22.5. The van der Waals surface area contributed by atoms with Crippen LogP contribution >= 0.6 is 11.6 Å². The van der Waals surface area contributed by atoms with Crippen molar-refractivity contribution in [2.75, 3.05) is 19.7 Å². The number of hydrogen-bond donors (Lipinski definition) is 1. The molecule has 2 unspecified atom stereocenters. The molecule has 2 rings (SSSR count). The van der Waals surface area contributed by atoms with E-state index in [1.165, 1.54) is 5.56 Å². The molecule has 0 spiro atoms. The zero-order valence-electron chi connectivity index (χ0n) is 13.1. The quantitative estimate of drug-likeness (QED) is 0.818. The molecule has 1 aromatic carbocycles. The van der Waals surface area contributed by atoms with Gasteiger partial charge in [-0.05, 0) is 43.4 Å². The summed E-state index contributed by atoms with van der Waals surface area (Å²) in [7, 11) is 0. The van der Waals surface area contributed by atoms with E-state index in [9.17, 15) is 4.79 Å². The molecule has 1 heterocycles. The Labute approximate surface area is 137 Å². The minimum atomic E-state index is -0.108. The van der Waals surface area contributed by atoms with Gasteiger partial charge >= 0.3 is 5.97 Å². The van der Waals surface area contributed by atoms with E-state index in [1.807, 2.05) is 25.1 Å². The Morgan fingerprint density at radius 1 is 1.45 bits per heavy atom. The molecule has 2 atom stereocenters. The molecule has 1 fully saturated rings. The van der Waals surface area contributed by atoms with Gasteiger partial charge in [0.15, 0.2) is 0 Å². The average Bonchev–Trinajstić information content (AvgIpc) is 2.45. The summed E-state index contributed by atoms with van der Waals surface area (Å²) in [6, 6.07) is 8.10. The SMILES string of the molecule is CCOC(=O)CCC1CC(N)CN(Cc2cccc(Cl)c2)C1. The molecule has 122 valence electrons. The van der Waals surface area contributed by atoms with Crippen LogP contribution in [0.15, 0.2) is 24.3 Å². The fraction of sp³-hybridized carbons (Fsp3) is 0.588. The maximum absolute atomic E-state index is 11.5. The smallest absolute Gasteiger partial charge is 0.305 e. The molecule has 1 saturated heterocycles. The number of likely N-dealkylation sites (tertiary alicyclic amines) is 1. The lowest BCUT2D eigenvalue weighted by Crippen LogP contribution is -2.46. The van der Waals surface area contributed by atoms with Gasteiger partial charge in [-0.2, -0.15) is 0 Å². The van der Waals surface area contributed by atoms with E-state index in [0.29, 0.717) is 18.9 Å². The minimum Gasteiger partial charge on any atom is -0.466 e. The highest BCUT2D eigenvalue weighted by molar-refractivity contribution is 6.30. The number of halogens is 1. The van der Waals surface area contributed by atoms with Crippen LogP contribution in [0.5, 0.6) is 0 Å². The number of piperidine rings is 1. The first-order valence-corrected chi connectivity index (χ1v) is 8.32. The van der Waals surface area contributed by atoms with Crippen molar-refractivity contribution in [3.8, 4) is 0 Å². The molecule has 1 aliphatic rings. The number of nitrogens with two attached hydrogens (primary N) is 1. The topological polar surface area (TPSA) is 55.6 Å². The minimum absolute atomic E-state index is 0.108. The van der Waals surface area contributed by atoms with E-state index >= 15 is 0 Å². The van der Waals surface area contributed by atoms with Crippen LogP contribution in [-0.2, 0) is 16.1 Å². The van der Waals surface area contributed by atoms with Gasteiger partial charge in [-0.15, -0.1) is 0 Å². The van der Waals surface area contributed by atoms with Gasteiger partial charge in [0.2, 0.25) is 0 Å². The molecule has 4 nitrogen and oxygen atoms in total. The van der Waals surface area contributed by atoms with Crippen LogP contribution in [-0.4, -0.2) is 36.6 Å². The van der Waals surface area contributed by atoms with Gasteiger partial charge in [0, 0.05) is 37.1 Å². The number of carbonyl (C=O) groups excluding carboxylic acids is 1. The summed E-state index contributed by atoms with van der Waals surface area (Å²) in [5.74, 6) is 0.343. The number of benzene rings is 1. The van der Waals surface area contributed by atoms with Gasteiger partial charge in [-0.25, -0.2) is 0 Å². The number of esters is 1. The second-order valence-corrected chi connectivity index (χ2v) is 6.47. The molecule has 0 saturated carbocycles. The third-order valence-electron chi connectivity index (χ3n) is 4.00. The van der Waals surface area contributed by atoms with E-state index in [-0.39, 0.29) is 12.0 Å².